The van der Waals surface area contributed by atoms with Gasteiger partial charge in [-0.2, -0.15) is 0 Å². The van der Waals surface area contributed by atoms with E-state index in [1.807, 2.05) is 0 Å². The van der Waals surface area contributed by atoms with Gasteiger partial charge in [-0.15, -0.1) is 11.8 Å². The number of hydrogen-bond acceptors (Lipinski definition) is 6. The lowest BCUT2D eigenvalue weighted by Gasteiger charge is -2.48. The van der Waals surface area contributed by atoms with E-state index in [1.165, 1.54) is 18.7 Å². The maximum atomic E-state index is 11.9. The molecule has 2 amide bonds. The lowest BCUT2D eigenvalue weighted by atomic mass is 10.0. The van der Waals surface area contributed by atoms with Crippen molar-refractivity contribution in [2.24, 2.45) is 0 Å². The number of carboxylic acids is 1. The number of aliphatic carboxylic acids is 1. The van der Waals surface area contributed by atoms with Crippen LogP contribution in [0.25, 0.3) is 0 Å². The van der Waals surface area contributed by atoms with Crippen molar-refractivity contribution in [1.82, 2.24) is 10.2 Å². The maximum absolute atomic E-state index is 11.9. The predicted molar refractivity (Wildman–Crippen MR) is 67.4 cm³/mol. The number of esters is 1. The number of nitrogens with zero attached hydrogens (tertiary/aromatic N) is 1. The molecule has 1 saturated heterocycles. The lowest BCUT2D eigenvalue weighted by molar-refractivity contribution is -0.150. The Morgan fingerprint density at radius 3 is 2.85 bits per heavy atom. The number of nitrogens with one attached hydrogen (secondary N) is 1. The first-order chi connectivity index (χ1) is 9.47. The fraction of sp³-hybridized carbons (Fsp3) is 0.455. The zero-order valence-electron chi connectivity index (χ0n) is 10.5. The summed E-state index contributed by atoms with van der Waals surface area (Å²) >= 11 is 1.32. The van der Waals surface area contributed by atoms with Crippen molar-refractivity contribution < 1.29 is 29.0 Å². The molecule has 2 atom stereocenters. The zero-order chi connectivity index (χ0) is 14.9. The van der Waals surface area contributed by atoms with Crippen LogP contribution in [0, 0.1) is 0 Å². The van der Waals surface area contributed by atoms with E-state index in [0.717, 1.165) is 4.90 Å². The number of thioether (sulfide) groups is 1. The summed E-state index contributed by atoms with van der Waals surface area (Å²) in [5.41, 5.74) is 0.204. The van der Waals surface area contributed by atoms with E-state index in [4.69, 9.17) is 4.74 Å². The third kappa shape index (κ3) is 2.36. The van der Waals surface area contributed by atoms with Gasteiger partial charge in [0.1, 0.15) is 23.7 Å². The monoisotopic (exact) mass is 300 g/mol. The highest BCUT2D eigenvalue weighted by molar-refractivity contribution is 8.00. The van der Waals surface area contributed by atoms with Gasteiger partial charge in [-0.3, -0.25) is 19.3 Å². The number of fused-ring (bicyclic) bond motifs is 1. The number of ether oxygens (including phenoxy) is 1. The summed E-state index contributed by atoms with van der Waals surface area (Å²) in [5.74, 6) is -1.94. The van der Waals surface area contributed by atoms with Gasteiger partial charge in [0.25, 0.3) is 5.91 Å². The van der Waals surface area contributed by atoms with Crippen LogP contribution in [0.5, 0.6) is 0 Å². The highest BCUT2D eigenvalue weighted by Crippen LogP contribution is 2.40. The van der Waals surface area contributed by atoms with Crippen molar-refractivity contribution in [3.63, 3.8) is 0 Å². The summed E-state index contributed by atoms with van der Waals surface area (Å²) in [5, 5.41) is 11.2. The van der Waals surface area contributed by atoms with E-state index in [9.17, 15) is 24.3 Å². The molecule has 2 N–H and O–H groups in total. The summed E-state index contributed by atoms with van der Waals surface area (Å²) in [4.78, 5) is 45.5. The minimum absolute atomic E-state index is 0.160. The van der Waals surface area contributed by atoms with Gasteiger partial charge in [0.15, 0.2) is 0 Å². The lowest BCUT2D eigenvalue weighted by Crippen LogP contribution is -2.69. The first-order valence-electron chi connectivity index (χ1n) is 5.70. The van der Waals surface area contributed by atoms with Crippen molar-refractivity contribution in [2.75, 3.05) is 12.4 Å². The van der Waals surface area contributed by atoms with Crippen LogP contribution in [0.15, 0.2) is 11.3 Å². The maximum Gasteiger partial charge on any atom is 0.352 e. The summed E-state index contributed by atoms with van der Waals surface area (Å²) in [6.45, 7) is 1.06. The van der Waals surface area contributed by atoms with Crippen LogP contribution in [-0.2, 0) is 23.9 Å². The molecule has 8 nitrogen and oxygen atoms in total. The Morgan fingerprint density at radius 1 is 1.60 bits per heavy atom. The van der Waals surface area contributed by atoms with Crippen LogP contribution in [0.4, 0.5) is 0 Å². The molecule has 2 rings (SSSR count). The van der Waals surface area contributed by atoms with Crippen LogP contribution >= 0.6 is 11.8 Å². The second-order valence-electron chi connectivity index (χ2n) is 4.21. The van der Waals surface area contributed by atoms with Gasteiger partial charge < -0.3 is 15.2 Å². The molecule has 0 aromatic rings. The molecule has 2 aliphatic heterocycles. The molecular weight excluding hydrogens is 288 g/mol. The molecule has 1 unspecified atom stereocenters. The Labute approximate surface area is 118 Å². The molecule has 108 valence electrons. The minimum atomic E-state index is -1.25. The Hall–Kier alpha value is -2.03. The molecule has 1 fully saturated rings. The molecule has 0 aliphatic carbocycles. The molecule has 2 aliphatic rings. The number of β-lactam (4-membered cyclic amide) rings is 1. The fourth-order valence-electron chi connectivity index (χ4n) is 2.08. The van der Waals surface area contributed by atoms with Crippen molar-refractivity contribution in [2.45, 2.75) is 18.3 Å². The molecule has 9 heteroatoms. The minimum Gasteiger partial charge on any atom is -0.477 e. The van der Waals surface area contributed by atoms with Gasteiger partial charge in [0, 0.05) is 18.2 Å². The third-order valence-corrected chi connectivity index (χ3v) is 4.29. The second-order valence-corrected chi connectivity index (χ2v) is 5.31. The largest absolute Gasteiger partial charge is 0.477 e. The number of rotatable bonds is 5. The predicted octanol–water partition coefficient (Wildman–Crippen LogP) is -1.08. The number of carbonyl (C=O) groups excluding carboxylic acids is 3. The summed E-state index contributed by atoms with van der Waals surface area (Å²) in [6, 6.07) is -0.706. The van der Waals surface area contributed by atoms with E-state index in [-0.39, 0.29) is 12.3 Å². The van der Waals surface area contributed by atoms with E-state index in [0.29, 0.717) is 17.7 Å². The van der Waals surface area contributed by atoms with E-state index >= 15 is 0 Å². The van der Waals surface area contributed by atoms with Crippen LogP contribution in [0.3, 0.4) is 0 Å². The van der Waals surface area contributed by atoms with Gasteiger partial charge in [0.05, 0.1) is 0 Å². The normalized spacial score (nSPS) is 24.6. The first kappa shape index (κ1) is 14.4. The number of hydrogen-bond donors (Lipinski definition) is 2. The van der Waals surface area contributed by atoms with Gasteiger partial charge in [-0.25, -0.2) is 4.79 Å². The molecule has 0 aromatic heterocycles. The van der Waals surface area contributed by atoms with Crippen molar-refractivity contribution in [3.05, 3.63) is 11.3 Å². The highest BCUT2D eigenvalue weighted by atomic mass is 32.2. The second kappa shape index (κ2) is 5.53. The fourth-order valence-corrected chi connectivity index (χ4v) is 3.41. The third-order valence-electron chi connectivity index (χ3n) is 2.95. The summed E-state index contributed by atoms with van der Waals surface area (Å²) in [6.07, 6.45) is 0.416. The van der Waals surface area contributed by atoms with Gasteiger partial charge in [-0.1, -0.05) is 0 Å². The Balaban J connectivity index is 2.23. The standard InChI is InChI=1S/C11H12N2O6S/c1-5(15)19-2-6-3-20-10-7(12-4-14)9(16)13(10)8(6)11(17)18/h4,7,10H,2-3H2,1H3,(H,12,14)(H,17,18)/t7-,10?/m1/s1. The van der Waals surface area contributed by atoms with Crippen molar-refractivity contribution in [1.29, 1.82) is 0 Å². The zero-order valence-corrected chi connectivity index (χ0v) is 11.3. The Kier molecular flexibility index (Phi) is 3.98. The molecule has 0 bridgehead atoms. The topological polar surface area (TPSA) is 113 Å². The molecule has 2 heterocycles. The average molecular weight is 300 g/mol. The van der Waals surface area contributed by atoms with E-state index in [1.54, 1.807) is 0 Å². The van der Waals surface area contributed by atoms with Crippen LogP contribution in [0.1, 0.15) is 6.92 Å². The van der Waals surface area contributed by atoms with Crippen LogP contribution in [-0.4, -0.2) is 58.0 Å². The van der Waals surface area contributed by atoms with Crippen LogP contribution < -0.4 is 5.32 Å². The molecule has 20 heavy (non-hydrogen) atoms. The number of carbonyl (C=O) groups is 4. The number of carboxylic acid groups (broad SMARTS) is 1. The summed E-state index contributed by atoms with van der Waals surface area (Å²) < 4.78 is 4.80. The SMILES string of the molecule is CC(=O)OCC1=C(C(=O)O)N2C(=O)[C@@H](NC=O)C2SC1. The van der Waals surface area contributed by atoms with Crippen molar-refractivity contribution >= 4 is 36.0 Å². The molecule has 0 spiro atoms. The quantitative estimate of drug-likeness (QED) is 0.377. The summed E-state index contributed by atoms with van der Waals surface area (Å²) in [7, 11) is 0. The first-order valence-corrected chi connectivity index (χ1v) is 6.75. The molecule has 0 radical (unpaired) electrons. The molecular formula is C11H12N2O6S. The number of amides is 2. The van der Waals surface area contributed by atoms with E-state index < -0.39 is 29.3 Å². The van der Waals surface area contributed by atoms with Gasteiger partial charge >= 0.3 is 11.9 Å². The average Bonchev–Trinajstić information content (AvgIpc) is 2.40. The molecule has 0 saturated carbocycles. The van der Waals surface area contributed by atoms with E-state index in [2.05, 4.69) is 5.32 Å². The Bertz CT molecular complexity index is 517. The van der Waals surface area contributed by atoms with Crippen molar-refractivity contribution in [3.8, 4) is 0 Å². The Morgan fingerprint density at radius 2 is 2.30 bits per heavy atom. The van der Waals surface area contributed by atoms with Gasteiger partial charge in [-0.05, 0) is 0 Å². The van der Waals surface area contributed by atoms with Gasteiger partial charge in [0.2, 0.25) is 6.41 Å². The molecule has 0 aromatic carbocycles. The van der Waals surface area contributed by atoms with Crippen LogP contribution in [0.2, 0.25) is 0 Å². The smallest absolute Gasteiger partial charge is 0.352 e. The highest BCUT2D eigenvalue weighted by Gasteiger charge is 2.53.